The molecule has 0 radical (unpaired) electrons. The number of Topliss-reactive ketones (excluding diaryl/α,β-unsaturated/α-hetero) is 1. The van der Waals surface area contributed by atoms with Gasteiger partial charge < -0.3 is 5.32 Å². The number of nitro benzene ring substituents is 1. The number of para-hydroxylation sites is 1. The number of anilines is 1. The average Bonchev–Trinajstić information content (AvgIpc) is 2.62. The monoisotopic (exact) mass is 368 g/mol. The normalized spacial score (nSPS) is 10.7. The summed E-state index contributed by atoms with van der Waals surface area (Å²) in [6, 6.07) is 12.0. The lowest BCUT2D eigenvalue weighted by atomic mass is 10.1. The van der Waals surface area contributed by atoms with Crippen molar-refractivity contribution in [3.63, 3.8) is 0 Å². The van der Waals surface area contributed by atoms with E-state index in [2.05, 4.69) is 15.3 Å². The van der Waals surface area contributed by atoms with Gasteiger partial charge in [0.1, 0.15) is 5.82 Å². The van der Waals surface area contributed by atoms with Crippen molar-refractivity contribution in [2.24, 2.45) is 0 Å². The topological polar surface area (TPSA) is 98.0 Å². The van der Waals surface area contributed by atoms with Crippen molar-refractivity contribution >= 4 is 40.0 Å². The van der Waals surface area contributed by atoms with Crippen LogP contribution < -0.4 is 5.32 Å². The van der Waals surface area contributed by atoms with Gasteiger partial charge in [-0.05, 0) is 49.9 Å². The number of hydrogen-bond donors (Lipinski definition) is 1. The molecule has 1 N–H and O–H groups in total. The molecule has 0 unspecified atom stereocenters. The first-order valence-electron chi connectivity index (χ1n) is 7.97. The van der Waals surface area contributed by atoms with Crippen LogP contribution >= 0.6 is 11.8 Å². The highest BCUT2D eigenvalue weighted by Crippen LogP contribution is 2.35. The lowest BCUT2D eigenvalue weighted by Gasteiger charge is -2.09. The average molecular weight is 368 g/mol. The number of nitrogens with one attached hydrogen (secondary N) is 1. The van der Waals surface area contributed by atoms with E-state index in [1.165, 1.54) is 13.0 Å². The van der Waals surface area contributed by atoms with Crippen molar-refractivity contribution in [2.45, 2.75) is 23.9 Å². The summed E-state index contributed by atoms with van der Waals surface area (Å²) in [6.45, 7) is 4.04. The Morgan fingerprint density at radius 3 is 2.69 bits per heavy atom. The van der Waals surface area contributed by atoms with E-state index in [1.807, 2.05) is 31.2 Å². The van der Waals surface area contributed by atoms with E-state index >= 15 is 0 Å². The fourth-order valence-electron chi connectivity index (χ4n) is 2.47. The molecule has 8 heteroatoms. The third-order valence-corrected chi connectivity index (χ3v) is 4.62. The summed E-state index contributed by atoms with van der Waals surface area (Å²) in [6.07, 6.45) is 0. The molecule has 0 amide bonds. The molecule has 1 aromatic heterocycles. The van der Waals surface area contributed by atoms with Gasteiger partial charge in [0.15, 0.2) is 10.9 Å². The van der Waals surface area contributed by atoms with Gasteiger partial charge in [0.05, 0.1) is 15.3 Å². The predicted molar refractivity (Wildman–Crippen MR) is 101 cm³/mol. The fraction of sp³-hybridized carbons (Fsp3) is 0.167. The SMILES string of the molecule is CCNc1nc(Sc2ccc(C(C)=O)cc2[N+](=O)[O-])nc2ccccc12. The minimum absolute atomic E-state index is 0.135. The first kappa shape index (κ1) is 17.8. The van der Waals surface area contributed by atoms with Crippen LogP contribution in [-0.4, -0.2) is 27.2 Å². The zero-order chi connectivity index (χ0) is 18.7. The number of ketones is 1. The second-order valence-corrected chi connectivity index (χ2v) is 6.51. The van der Waals surface area contributed by atoms with Crippen LogP contribution in [0.5, 0.6) is 0 Å². The van der Waals surface area contributed by atoms with Gasteiger partial charge in [-0.1, -0.05) is 12.1 Å². The molecule has 132 valence electrons. The standard InChI is InChI=1S/C18H16N4O3S/c1-3-19-17-13-6-4-5-7-14(13)20-18(21-17)26-16-9-8-12(11(2)23)10-15(16)22(24)25/h4-10H,3H2,1-2H3,(H,19,20,21). The molecule has 7 nitrogen and oxygen atoms in total. The fourth-order valence-corrected chi connectivity index (χ4v) is 3.32. The molecule has 0 aliphatic heterocycles. The van der Waals surface area contributed by atoms with Gasteiger partial charge in [0.25, 0.3) is 5.69 Å². The van der Waals surface area contributed by atoms with Crippen LogP contribution in [0.1, 0.15) is 24.2 Å². The maximum Gasteiger partial charge on any atom is 0.284 e. The highest BCUT2D eigenvalue weighted by atomic mass is 32.2. The van der Waals surface area contributed by atoms with Gasteiger partial charge >= 0.3 is 0 Å². The lowest BCUT2D eigenvalue weighted by molar-refractivity contribution is -0.387. The summed E-state index contributed by atoms with van der Waals surface area (Å²) < 4.78 is 0. The molecule has 0 saturated heterocycles. The third kappa shape index (κ3) is 3.65. The Balaban J connectivity index is 2.06. The van der Waals surface area contributed by atoms with Gasteiger partial charge in [-0.3, -0.25) is 14.9 Å². The molecule has 0 aliphatic carbocycles. The van der Waals surface area contributed by atoms with Gasteiger partial charge in [-0.2, -0.15) is 0 Å². The van der Waals surface area contributed by atoms with Crippen LogP contribution in [0.25, 0.3) is 10.9 Å². The molecule has 3 aromatic rings. The molecule has 0 fully saturated rings. The molecule has 1 heterocycles. The van der Waals surface area contributed by atoms with Crippen molar-refractivity contribution in [1.82, 2.24) is 9.97 Å². The second kappa shape index (κ2) is 7.49. The number of hydrogen-bond acceptors (Lipinski definition) is 7. The van der Waals surface area contributed by atoms with E-state index in [-0.39, 0.29) is 11.5 Å². The van der Waals surface area contributed by atoms with E-state index in [1.54, 1.807) is 12.1 Å². The first-order chi connectivity index (χ1) is 12.5. The number of nitro groups is 1. The van der Waals surface area contributed by atoms with Gasteiger partial charge in [-0.15, -0.1) is 0 Å². The number of aromatic nitrogens is 2. The van der Waals surface area contributed by atoms with E-state index in [4.69, 9.17) is 0 Å². The molecule has 0 saturated carbocycles. The Hall–Kier alpha value is -3.00. The maximum absolute atomic E-state index is 11.5. The Kier molecular flexibility index (Phi) is 5.13. The molecule has 3 rings (SSSR count). The first-order valence-corrected chi connectivity index (χ1v) is 8.79. The van der Waals surface area contributed by atoms with E-state index in [0.717, 1.165) is 22.7 Å². The molecule has 26 heavy (non-hydrogen) atoms. The molecule has 0 bridgehead atoms. The minimum Gasteiger partial charge on any atom is -0.370 e. The summed E-state index contributed by atoms with van der Waals surface area (Å²) in [5, 5.41) is 15.9. The number of carbonyl (C=O) groups is 1. The van der Waals surface area contributed by atoms with Crippen LogP contribution in [0.4, 0.5) is 11.5 Å². The number of rotatable bonds is 6. The van der Waals surface area contributed by atoms with Crippen LogP contribution in [-0.2, 0) is 0 Å². The zero-order valence-electron chi connectivity index (χ0n) is 14.2. The zero-order valence-corrected chi connectivity index (χ0v) is 15.0. The van der Waals surface area contributed by atoms with Crippen molar-refractivity contribution in [3.8, 4) is 0 Å². The summed E-state index contributed by atoms with van der Waals surface area (Å²) >= 11 is 1.10. The Bertz CT molecular complexity index is 1010. The minimum atomic E-state index is -0.499. The van der Waals surface area contributed by atoms with Gasteiger partial charge in [0, 0.05) is 23.6 Å². The summed E-state index contributed by atoms with van der Waals surface area (Å²) in [4.78, 5) is 31.8. The van der Waals surface area contributed by atoms with E-state index in [0.29, 0.717) is 28.0 Å². The molecule has 2 aromatic carbocycles. The van der Waals surface area contributed by atoms with E-state index < -0.39 is 4.92 Å². The third-order valence-electron chi connectivity index (χ3n) is 3.69. The van der Waals surface area contributed by atoms with Gasteiger partial charge in [-0.25, -0.2) is 9.97 Å². The van der Waals surface area contributed by atoms with Crippen molar-refractivity contribution in [2.75, 3.05) is 11.9 Å². The smallest absolute Gasteiger partial charge is 0.284 e. The molecule has 0 spiro atoms. The summed E-state index contributed by atoms with van der Waals surface area (Å²) in [5.74, 6) is 0.463. The molecular formula is C18H16N4O3S. The van der Waals surface area contributed by atoms with Crippen molar-refractivity contribution < 1.29 is 9.72 Å². The van der Waals surface area contributed by atoms with Crippen LogP contribution in [0, 0.1) is 10.1 Å². The number of benzene rings is 2. The molecule has 0 aliphatic rings. The number of fused-ring (bicyclic) bond motifs is 1. The number of carbonyl (C=O) groups excluding carboxylic acids is 1. The van der Waals surface area contributed by atoms with Crippen molar-refractivity contribution in [3.05, 3.63) is 58.1 Å². The van der Waals surface area contributed by atoms with Gasteiger partial charge in [0.2, 0.25) is 0 Å². The lowest BCUT2D eigenvalue weighted by Crippen LogP contribution is -2.03. The van der Waals surface area contributed by atoms with Crippen molar-refractivity contribution in [1.29, 1.82) is 0 Å². The maximum atomic E-state index is 11.5. The largest absolute Gasteiger partial charge is 0.370 e. The Morgan fingerprint density at radius 2 is 2.00 bits per heavy atom. The Morgan fingerprint density at radius 1 is 1.23 bits per heavy atom. The molecular weight excluding hydrogens is 352 g/mol. The van der Waals surface area contributed by atoms with Crippen LogP contribution in [0.2, 0.25) is 0 Å². The number of nitrogens with zero attached hydrogens (tertiary/aromatic N) is 3. The quantitative estimate of drug-likeness (QED) is 0.299. The summed E-state index contributed by atoms with van der Waals surface area (Å²) in [5.41, 5.74) is 0.919. The van der Waals surface area contributed by atoms with Crippen LogP contribution in [0.3, 0.4) is 0 Å². The highest BCUT2D eigenvalue weighted by molar-refractivity contribution is 7.99. The summed E-state index contributed by atoms with van der Waals surface area (Å²) in [7, 11) is 0. The Labute approximate surface area is 154 Å². The highest BCUT2D eigenvalue weighted by Gasteiger charge is 2.19. The predicted octanol–water partition coefficient (Wildman–Crippen LogP) is 4.32. The second-order valence-electron chi connectivity index (χ2n) is 5.50. The van der Waals surface area contributed by atoms with Crippen LogP contribution in [0.15, 0.2) is 52.5 Å². The van der Waals surface area contributed by atoms with E-state index in [9.17, 15) is 14.9 Å². The molecule has 0 atom stereocenters.